The van der Waals surface area contributed by atoms with Crippen LogP contribution in [-0.4, -0.2) is 34.6 Å². The Morgan fingerprint density at radius 3 is 2.92 bits per heavy atom. The lowest BCUT2D eigenvalue weighted by Gasteiger charge is -2.26. The van der Waals surface area contributed by atoms with Gasteiger partial charge in [-0.15, -0.1) is 0 Å². The highest BCUT2D eigenvalue weighted by atomic mass is 16.5. The molecule has 122 valence electrons. The third-order valence-electron chi connectivity index (χ3n) is 4.64. The number of hydrogen-bond acceptors (Lipinski definition) is 5. The third-order valence-corrected chi connectivity index (χ3v) is 4.64. The lowest BCUT2D eigenvalue weighted by molar-refractivity contribution is 0.408. The molecule has 0 radical (unpaired) electrons. The van der Waals surface area contributed by atoms with Crippen LogP contribution in [0.2, 0.25) is 0 Å². The second kappa shape index (κ2) is 6.43. The van der Waals surface area contributed by atoms with E-state index in [0.717, 1.165) is 36.5 Å². The molecule has 2 aromatic heterocycles. The average molecular weight is 320 g/mol. The monoisotopic (exact) mass is 320 g/mol. The van der Waals surface area contributed by atoms with Crippen molar-refractivity contribution in [3.63, 3.8) is 0 Å². The molecule has 1 saturated heterocycles. The lowest BCUT2D eigenvalue weighted by Crippen LogP contribution is -2.31. The van der Waals surface area contributed by atoms with Crippen LogP contribution in [-0.2, 0) is 6.42 Å². The second-order valence-electron chi connectivity index (χ2n) is 6.07. The molecule has 1 aliphatic rings. The van der Waals surface area contributed by atoms with Gasteiger partial charge in [0.1, 0.15) is 17.1 Å². The fourth-order valence-corrected chi connectivity index (χ4v) is 3.48. The molecule has 3 heterocycles. The van der Waals surface area contributed by atoms with Gasteiger partial charge in [-0.3, -0.25) is 4.98 Å². The molecule has 1 aliphatic heterocycles. The van der Waals surface area contributed by atoms with Gasteiger partial charge < -0.3 is 9.64 Å². The van der Waals surface area contributed by atoms with E-state index in [2.05, 4.69) is 33.1 Å². The van der Waals surface area contributed by atoms with Gasteiger partial charge in [0, 0.05) is 25.0 Å². The maximum Gasteiger partial charge on any atom is 0.180 e. The summed E-state index contributed by atoms with van der Waals surface area (Å²) in [5.41, 5.74) is 2.79. The summed E-state index contributed by atoms with van der Waals surface area (Å²) < 4.78 is 5.50. The molecule has 24 heavy (non-hydrogen) atoms. The molecule has 0 aliphatic carbocycles. The highest BCUT2D eigenvalue weighted by Crippen LogP contribution is 2.29. The van der Waals surface area contributed by atoms with Gasteiger partial charge >= 0.3 is 0 Å². The van der Waals surface area contributed by atoms with Gasteiger partial charge in [0.2, 0.25) is 0 Å². The zero-order chi connectivity index (χ0) is 16.4. The summed E-state index contributed by atoms with van der Waals surface area (Å²) in [7, 11) is 1.73. The number of hydrogen-bond donors (Lipinski definition) is 0. The molecule has 0 amide bonds. The number of para-hydroxylation sites is 1. The van der Waals surface area contributed by atoms with Crippen molar-refractivity contribution in [3.05, 3.63) is 54.4 Å². The SMILES string of the molecule is COc1ccccc1CC1CCCN1c1ccc2nccnc2n1. The minimum absolute atomic E-state index is 0.433. The smallest absolute Gasteiger partial charge is 0.180 e. The summed E-state index contributed by atoms with van der Waals surface area (Å²) in [6, 6.07) is 12.7. The van der Waals surface area contributed by atoms with E-state index in [4.69, 9.17) is 9.72 Å². The zero-order valence-electron chi connectivity index (χ0n) is 13.7. The molecule has 0 bridgehead atoms. The van der Waals surface area contributed by atoms with Crippen molar-refractivity contribution in [2.75, 3.05) is 18.6 Å². The Bertz CT molecular complexity index is 851. The minimum Gasteiger partial charge on any atom is -0.496 e. The molecule has 5 nitrogen and oxygen atoms in total. The number of ether oxygens (including phenoxy) is 1. The predicted molar refractivity (Wildman–Crippen MR) is 94.4 cm³/mol. The molecule has 5 heteroatoms. The molecule has 1 aromatic carbocycles. The number of rotatable bonds is 4. The Hall–Kier alpha value is -2.69. The van der Waals surface area contributed by atoms with Gasteiger partial charge in [-0.05, 0) is 43.0 Å². The number of anilines is 1. The molecule has 3 aromatic rings. The Kier molecular flexibility index (Phi) is 3.99. The Labute approximate surface area is 141 Å². The molecule has 0 spiro atoms. The van der Waals surface area contributed by atoms with Crippen LogP contribution in [0.5, 0.6) is 5.75 Å². The van der Waals surface area contributed by atoms with Crippen molar-refractivity contribution in [2.45, 2.75) is 25.3 Å². The number of nitrogens with zero attached hydrogens (tertiary/aromatic N) is 4. The van der Waals surface area contributed by atoms with E-state index in [1.165, 1.54) is 12.0 Å². The fourth-order valence-electron chi connectivity index (χ4n) is 3.48. The number of pyridine rings is 1. The summed E-state index contributed by atoms with van der Waals surface area (Å²) in [6.07, 6.45) is 6.70. The highest BCUT2D eigenvalue weighted by molar-refractivity contribution is 5.71. The van der Waals surface area contributed by atoms with E-state index >= 15 is 0 Å². The molecule has 1 atom stereocenters. The van der Waals surface area contributed by atoms with E-state index in [1.807, 2.05) is 18.2 Å². The zero-order valence-corrected chi connectivity index (χ0v) is 13.7. The van der Waals surface area contributed by atoms with Crippen molar-refractivity contribution in [1.82, 2.24) is 15.0 Å². The molecular formula is C19H20N4O. The summed E-state index contributed by atoms with van der Waals surface area (Å²) in [6.45, 7) is 1.03. The van der Waals surface area contributed by atoms with Crippen molar-refractivity contribution < 1.29 is 4.74 Å². The van der Waals surface area contributed by atoms with Gasteiger partial charge in [0.05, 0.1) is 7.11 Å². The average Bonchev–Trinajstić information content (AvgIpc) is 3.10. The second-order valence-corrected chi connectivity index (χ2v) is 6.07. The van der Waals surface area contributed by atoms with Crippen LogP contribution in [0.3, 0.4) is 0 Å². The Morgan fingerprint density at radius 1 is 1.12 bits per heavy atom. The van der Waals surface area contributed by atoms with Crippen molar-refractivity contribution in [3.8, 4) is 5.75 Å². The van der Waals surface area contributed by atoms with Crippen LogP contribution >= 0.6 is 0 Å². The van der Waals surface area contributed by atoms with E-state index in [0.29, 0.717) is 11.7 Å². The van der Waals surface area contributed by atoms with Crippen LogP contribution in [0, 0.1) is 0 Å². The van der Waals surface area contributed by atoms with Gasteiger partial charge in [-0.2, -0.15) is 0 Å². The van der Waals surface area contributed by atoms with E-state index in [-0.39, 0.29) is 0 Å². The summed E-state index contributed by atoms with van der Waals surface area (Å²) in [5.74, 6) is 1.95. The number of fused-ring (bicyclic) bond motifs is 1. The van der Waals surface area contributed by atoms with Gasteiger partial charge in [0.15, 0.2) is 5.65 Å². The summed E-state index contributed by atoms with van der Waals surface area (Å²) in [5, 5.41) is 0. The van der Waals surface area contributed by atoms with E-state index < -0.39 is 0 Å². The lowest BCUT2D eigenvalue weighted by atomic mass is 10.0. The Balaban J connectivity index is 1.62. The first-order valence-corrected chi connectivity index (χ1v) is 8.31. The molecular weight excluding hydrogens is 300 g/mol. The largest absolute Gasteiger partial charge is 0.496 e. The Morgan fingerprint density at radius 2 is 2.00 bits per heavy atom. The van der Waals surface area contributed by atoms with Gasteiger partial charge in [0.25, 0.3) is 0 Å². The van der Waals surface area contributed by atoms with Crippen molar-refractivity contribution >= 4 is 17.0 Å². The normalized spacial score (nSPS) is 17.4. The predicted octanol–water partition coefficient (Wildman–Crippen LogP) is 3.24. The highest BCUT2D eigenvalue weighted by Gasteiger charge is 2.27. The standard InChI is InChI=1S/C19H20N4O/c1-24-17-7-3-2-5-14(17)13-15-6-4-12-23(15)18-9-8-16-19(22-18)21-11-10-20-16/h2-3,5,7-11,15H,4,6,12-13H2,1H3. The summed E-state index contributed by atoms with van der Waals surface area (Å²) in [4.78, 5) is 15.7. The fraction of sp³-hybridized carbons (Fsp3) is 0.316. The van der Waals surface area contributed by atoms with Crippen LogP contribution in [0.25, 0.3) is 11.2 Å². The first-order valence-electron chi connectivity index (χ1n) is 8.31. The number of aromatic nitrogens is 3. The summed E-state index contributed by atoms with van der Waals surface area (Å²) >= 11 is 0. The molecule has 1 unspecified atom stereocenters. The van der Waals surface area contributed by atoms with Crippen LogP contribution in [0.4, 0.5) is 5.82 Å². The maximum atomic E-state index is 5.50. The topological polar surface area (TPSA) is 51.1 Å². The first kappa shape index (κ1) is 14.9. The quantitative estimate of drug-likeness (QED) is 0.738. The number of methoxy groups -OCH3 is 1. The van der Waals surface area contributed by atoms with E-state index in [9.17, 15) is 0 Å². The van der Waals surface area contributed by atoms with Gasteiger partial charge in [-0.1, -0.05) is 18.2 Å². The molecule has 4 rings (SSSR count). The number of benzene rings is 1. The molecule has 0 N–H and O–H groups in total. The van der Waals surface area contributed by atoms with Gasteiger partial charge in [-0.25, -0.2) is 9.97 Å². The molecule has 1 fully saturated rings. The van der Waals surface area contributed by atoms with Crippen LogP contribution in [0.15, 0.2) is 48.8 Å². The first-order chi connectivity index (χ1) is 11.8. The van der Waals surface area contributed by atoms with E-state index in [1.54, 1.807) is 19.5 Å². The third kappa shape index (κ3) is 2.77. The van der Waals surface area contributed by atoms with Crippen molar-refractivity contribution in [2.24, 2.45) is 0 Å². The van der Waals surface area contributed by atoms with Crippen LogP contribution < -0.4 is 9.64 Å². The minimum atomic E-state index is 0.433. The maximum absolute atomic E-state index is 5.50. The molecule has 0 saturated carbocycles. The van der Waals surface area contributed by atoms with Crippen LogP contribution in [0.1, 0.15) is 18.4 Å². The van der Waals surface area contributed by atoms with Crippen molar-refractivity contribution in [1.29, 1.82) is 0 Å².